The molecule has 178 valence electrons. The first kappa shape index (κ1) is 22.9. The van der Waals surface area contributed by atoms with Crippen LogP contribution in [0, 0.1) is 0 Å². The summed E-state index contributed by atoms with van der Waals surface area (Å²) in [7, 11) is -2.07. The van der Waals surface area contributed by atoms with Crippen molar-refractivity contribution in [1.29, 1.82) is 0 Å². The normalized spacial score (nSPS) is 13.0. The lowest BCUT2D eigenvalue weighted by Crippen LogP contribution is -2.30. The van der Waals surface area contributed by atoms with E-state index in [1.165, 1.54) is 10.4 Å². The number of sulfonamides is 1. The zero-order valence-corrected chi connectivity index (χ0v) is 20.2. The Morgan fingerprint density at radius 3 is 2.57 bits per heavy atom. The summed E-state index contributed by atoms with van der Waals surface area (Å²) in [6, 6.07) is 23.8. The van der Waals surface area contributed by atoms with Crippen LogP contribution >= 0.6 is 0 Å². The monoisotopic (exact) mass is 486 g/mol. The third kappa shape index (κ3) is 4.70. The van der Waals surface area contributed by atoms with Gasteiger partial charge in [0.2, 0.25) is 0 Å². The van der Waals surface area contributed by atoms with E-state index in [1.54, 1.807) is 36.3 Å². The van der Waals surface area contributed by atoms with Crippen molar-refractivity contribution in [1.82, 2.24) is 14.7 Å². The molecule has 0 fully saturated rings. The molecule has 1 amide bonds. The maximum Gasteiger partial charge on any atom is 0.264 e. The van der Waals surface area contributed by atoms with Crippen LogP contribution in [0.25, 0.3) is 0 Å². The standard InChI is InChI=1S/C27H26N4O3S/c1-29(18-22-17-28-30(20-22)19-21-8-3-2-4-9-21)27(32)24-11-7-12-25(16-24)35(33,34)31-15-14-23-10-5-6-13-26(23)31/h2-13,16-17,20H,14-15,18-19H2,1H3. The van der Waals surface area contributed by atoms with Gasteiger partial charge in [0.15, 0.2) is 0 Å². The highest BCUT2D eigenvalue weighted by Crippen LogP contribution is 2.32. The molecule has 7 nitrogen and oxygen atoms in total. The van der Waals surface area contributed by atoms with E-state index in [-0.39, 0.29) is 10.8 Å². The summed E-state index contributed by atoms with van der Waals surface area (Å²) in [5, 5.41) is 4.40. The van der Waals surface area contributed by atoms with Gasteiger partial charge in [-0.3, -0.25) is 13.8 Å². The number of rotatable bonds is 7. The summed E-state index contributed by atoms with van der Waals surface area (Å²) >= 11 is 0. The van der Waals surface area contributed by atoms with Crippen molar-refractivity contribution in [3.63, 3.8) is 0 Å². The highest BCUT2D eigenvalue weighted by Gasteiger charge is 2.31. The molecule has 0 bridgehead atoms. The molecule has 4 aromatic rings. The molecular weight excluding hydrogens is 460 g/mol. The third-order valence-corrected chi connectivity index (χ3v) is 7.96. The highest BCUT2D eigenvalue weighted by atomic mass is 32.2. The maximum absolute atomic E-state index is 13.4. The molecule has 0 unspecified atom stereocenters. The lowest BCUT2D eigenvalue weighted by Gasteiger charge is -2.21. The molecule has 0 spiro atoms. The van der Waals surface area contributed by atoms with Gasteiger partial charge in [-0.1, -0.05) is 54.6 Å². The fraction of sp³-hybridized carbons (Fsp3) is 0.185. The zero-order chi connectivity index (χ0) is 24.4. The predicted molar refractivity (Wildman–Crippen MR) is 135 cm³/mol. The molecule has 0 saturated carbocycles. The van der Waals surface area contributed by atoms with Gasteiger partial charge in [0.1, 0.15) is 0 Å². The minimum absolute atomic E-state index is 0.115. The minimum Gasteiger partial charge on any atom is -0.337 e. The lowest BCUT2D eigenvalue weighted by atomic mass is 10.2. The van der Waals surface area contributed by atoms with Gasteiger partial charge in [-0.15, -0.1) is 0 Å². The highest BCUT2D eigenvalue weighted by molar-refractivity contribution is 7.92. The van der Waals surface area contributed by atoms with Gasteiger partial charge in [0.25, 0.3) is 15.9 Å². The summed E-state index contributed by atoms with van der Waals surface area (Å²) in [6.07, 6.45) is 4.34. The van der Waals surface area contributed by atoms with Crippen molar-refractivity contribution in [2.75, 3.05) is 17.9 Å². The molecule has 1 aliphatic heterocycles. The molecule has 0 saturated heterocycles. The second kappa shape index (κ2) is 9.38. The molecule has 2 heterocycles. The van der Waals surface area contributed by atoms with Crippen LogP contribution in [0.2, 0.25) is 0 Å². The van der Waals surface area contributed by atoms with Gasteiger partial charge < -0.3 is 4.90 Å². The fourth-order valence-corrected chi connectivity index (χ4v) is 5.94. The Bertz CT molecular complexity index is 1460. The van der Waals surface area contributed by atoms with Crippen molar-refractivity contribution in [3.05, 3.63) is 114 Å². The van der Waals surface area contributed by atoms with Gasteiger partial charge in [-0.25, -0.2) is 8.42 Å². The van der Waals surface area contributed by atoms with Crippen molar-refractivity contribution < 1.29 is 13.2 Å². The average Bonchev–Trinajstić information content (AvgIpc) is 3.51. The molecule has 8 heteroatoms. The number of amides is 1. The van der Waals surface area contributed by atoms with Crippen LogP contribution in [0.15, 0.2) is 96.2 Å². The van der Waals surface area contributed by atoms with Crippen LogP contribution in [-0.4, -0.2) is 42.6 Å². The van der Waals surface area contributed by atoms with Crippen LogP contribution in [-0.2, 0) is 29.5 Å². The average molecular weight is 487 g/mol. The Morgan fingerprint density at radius 2 is 1.74 bits per heavy atom. The summed E-state index contributed by atoms with van der Waals surface area (Å²) < 4.78 is 30.0. The van der Waals surface area contributed by atoms with Crippen LogP contribution in [0.5, 0.6) is 0 Å². The smallest absolute Gasteiger partial charge is 0.264 e. The number of aromatic nitrogens is 2. The topological polar surface area (TPSA) is 75.5 Å². The summed E-state index contributed by atoms with van der Waals surface area (Å²) in [6.45, 7) is 1.41. The molecule has 5 rings (SSSR count). The Labute approximate surface area is 205 Å². The van der Waals surface area contributed by atoms with E-state index < -0.39 is 10.0 Å². The Hall–Kier alpha value is -3.91. The first-order valence-electron chi connectivity index (χ1n) is 11.4. The number of nitrogens with zero attached hydrogens (tertiary/aromatic N) is 4. The van der Waals surface area contributed by atoms with Crippen molar-refractivity contribution in [2.45, 2.75) is 24.4 Å². The van der Waals surface area contributed by atoms with E-state index in [9.17, 15) is 13.2 Å². The third-order valence-electron chi connectivity index (χ3n) is 6.15. The van der Waals surface area contributed by atoms with Crippen LogP contribution in [0.3, 0.4) is 0 Å². The van der Waals surface area contributed by atoms with Gasteiger partial charge >= 0.3 is 0 Å². The molecule has 1 aromatic heterocycles. The van der Waals surface area contributed by atoms with E-state index in [0.29, 0.717) is 37.3 Å². The number of benzene rings is 3. The predicted octanol–water partition coefficient (Wildman–Crippen LogP) is 3.96. The maximum atomic E-state index is 13.4. The number of hydrogen-bond donors (Lipinski definition) is 0. The lowest BCUT2D eigenvalue weighted by molar-refractivity contribution is 0.0785. The minimum atomic E-state index is -3.77. The molecule has 1 aliphatic rings. The van der Waals surface area contributed by atoms with Gasteiger partial charge in [0, 0.05) is 37.5 Å². The Balaban J connectivity index is 1.30. The van der Waals surface area contributed by atoms with Crippen molar-refractivity contribution in [2.24, 2.45) is 0 Å². The molecular formula is C27H26N4O3S. The second-order valence-corrected chi connectivity index (χ2v) is 10.5. The molecule has 0 radical (unpaired) electrons. The molecule has 0 N–H and O–H groups in total. The quantitative estimate of drug-likeness (QED) is 0.396. The number of hydrogen-bond acceptors (Lipinski definition) is 4. The SMILES string of the molecule is CN(Cc1cnn(Cc2ccccc2)c1)C(=O)c1cccc(S(=O)(=O)N2CCc3ccccc32)c1. The first-order chi connectivity index (χ1) is 16.9. The number of carbonyl (C=O) groups is 1. The number of anilines is 1. The van der Waals surface area contributed by atoms with E-state index in [1.807, 2.05) is 65.5 Å². The van der Waals surface area contributed by atoms with E-state index >= 15 is 0 Å². The molecule has 0 aliphatic carbocycles. The largest absolute Gasteiger partial charge is 0.337 e. The van der Waals surface area contributed by atoms with Crippen LogP contribution < -0.4 is 4.31 Å². The van der Waals surface area contributed by atoms with E-state index in [4.69, 9.17) is 0 Å². The number of fused-ring (bicyclic) bond motifs is 1. The van der Waals surface area contributed by atoms with Gasteiger partial charge in [-0.05, 0) is 41.8 Å². The zero-order valence-electron chi connectivity index (χ0n) is 19.4. The first-order valence-corrected chi connectivity index (χ1v) is 12.9. The molecule has 35 heavy (non-hydrogen) atoms. The van der Waals surface area contributed by atoms with Crippen LogP contribution in [0.4, 0.5) is 5.69 Å². The van der Waals surface area contributed by atoms with E-state index in [0.717, 1.165) is 16.7 Å². The van der Waals surface area contributed by atoms with Crippen molar-refractivity contribution >= 4 is 21.6 Å². The van der Waals surface area contributed by atoms with Gasteiger partial charge in [-0.2, -0.15) is 5.10 Å². The number of carbonyl (C=O) groups excluding carboxylic acids is 1. The van der Waals surface area contributed by atoms with Crippen molar-refractivity contribution in [3.8, 4) is 0 Å². The molecule has 0 atom stereocenters. The Morgan fingerprint density at radius 1 is 0.971 bits per heavy atom. The summed E-state index contributed by atoms with van der Waals surface area (Å²) in [5.41, 5.74) is 4.09. The summed E-state index contributed by atoms with van der Waals surface area (Å²) in [4.78, 5) is 14.8. The second-order valence-electron chi connectivity index (χ2n) is 8.68. The fourth-order valence-electron chi connectivity index (χ4n) is 4.39. The molecule has 3 aromatic carbocycles. The van der Waals surface area contributed by atoms with Gasteiger partial charge in [0.05, 0.1) is 23.3 Å². The number of para-hydroxylation sites is 1. The van der Waals surface area contributed by atoms with E-state index in [2.05, 4.69) is 5.10 Å². The summed E-state index contributed by atoms with van der Waals surface area (Å²) in [5.74, 6) is -0.250. The van der Waals surface area contributed by atoms with Crippen LogP contribution in [0.1, 0.15) is 27.0 Å². The Kier molecular flexibility index (Phi) is 6.13.